The third-order valence-corrected chi connectivity index (χ3v) is 5.15. The van der Waals surface area contributed by atoms with Gasteiger partial charge in [0.05, 0.1) is 22.3 Å². The number of thiophene rings is 1. The number of H-pyrrole nitrogens is 1. The zero-order chi connectivity index (χ0) is 18.8. The highest BCUT2D eigenvalue weighted by Gasteiger charge is 2.14. The fraction of sp³-hybridized carbons (Fsp3) is 0.150. The molecule has 136 valence electrons. The highest BCUT2D eigenvalue weighted by Crippen LogP contribution is 2.25. The highest BCUT2D eigenvalue weighted by atomic mass is 32.1. The first kappa shape index (κ1) is 17.4. The van der Waals surface area contributed by atoms with Crippen molar-refractivity contribution in [3.8, 4) is 10.6 Å². The van der Waals surface area contributed by atoms with Crippen LogP contribution in [0.4, 0.5) is 4.39 Å². The van der Waals surface area contributed by atoms with Crippen LogP contribution >= 0.6 is 11.3 Å². The maximum atomic E-state index is 13.6. The van der Waals surface area contributed by atoms with Crippen LogP contribution in [0.25, 0.3) is 21.5 Å². The molecule has 0 bridgehead atoms. The number of fused-ring (bicyclic) bond motifs is 1. The molecule has 0 fully saturated rings. The molecule has 7 heteroatoms. The number of aromatic amines is 1. The number of benzene rings is 1. The summed E-state index contributed by atoms with van der Waals surface area (Å²) in [5, 5.41) is 5.43. The molecule has 3 heterocycles. The van der Waals surface area contributed by atoms with E-state index >= 15 is 0 Å². The maximum Gasteiger partial charge on any atom is 0.252 e. The Kier molecular flexibility index (Phi) is 4.68. The minimum atomic E-state index is -0.389. The Hall–Kier alpha value is -3.06. The molecule has 2 N–H and O–H groups in total. The Morgan fingerprint density at radius 2 is 2.19 bits per heavy atom. The number of hydrogen-bond acceptors (Lipinski definition) is 4. The number of carbonyl (C=O) groups excluding carboxylic acids is 1. The molecule has 3 aromatic heterocycles. The smallest absolute Gasteiger partial charge is 0.252 e. The Morgan fingerprint density at radius 3 is 3.00 bits per heavy atom. The van der Waals surface area contributed by atoms with Crippen LogP contribution < -0.4 is 5.32 Å². The number of aromatic nitrogens is 3. The lowest BCUT2D eigenvalue weighted by atomic mass is 10.1. The summed E-state index contributed by atoms with van der Waals surface area (Å²) in [6.45, 7) is 2.26. The average molecular weight is 380 g/mol. The molecule has 4 rings (SSSR count). The van der Waals surface area contributed by atoms with Crippen molar-refractivity contribution < 1.29 is 9.18 Å². The zero-order valence-corrected chi connectivity index (χ0v) is 15.4. The van der Waals surface area contributed by atoms with E-state index in [1.54, 1.807) is 29.8 Å². The second-order valence-electron chi connectivity index (χ2n) is 6.19. The van der Waals surface area contributed by atoms with E-state index in [4.69, 9.17) is 0 Å². The van der Waals surface area contributed by atoms with E-state index in [0.717, 1.165) is 16.3 Å². The van der Waals surface area contributed by atoms with Crippen LogP contribution in [-0.2, 0) is 6.42 Å². The van der Waals surface area contributed by atoms with Crippen LogP contribution in [0, 0.1) is 12.7 Å². The summed E-state index contributed by atoms with van der Waals surface area (Å²) in [6.07, 6.45) is 2.28. The molecule has 0 radical (unpaired) electrons. The SMILES string of the molecule is Cc1cc(C(=O)NCCc2[nH]cnc2-c2cccs2)c2cc(F)ccc2n1. The molecule has 0 aliphatic rings. The van der Waals surface area contributed by atoms with Crippen molar-refractivity contribution in [2.75, 3.05) is 6.54 Å². The van der Waals surface area contributed by atoms with Gasteiger partial charge in [0.1, 0.15) is 11.5 Å². The Morgan fingerprint density at radius 1 is 1.30 bits per heavy atom. The van der Waals surface area contributed by atoms with Gasteiger partial charge in [-0.05, 0) is 42.6 Å². The fourth-order valence-electron chi connectivity index (χ4n) is 3.05. The van der Waals surface area contributed by atoms with Gasteiger partial charge in [-0.25, -0.2) is 9.37 Å². The van der Waals surface area contributed by atoms with Crippen LogP contribution in [0.15, 0.2) is 48.1 Å². The van der Waals surface area contributed by atoms with E-state index in [2.05, 4.69) is 20.3 Å². The van der Waals surface area contributed by atoms with Crippen molar-refractivity contribution in [3.63, 3.8) is 0 Å². The number of imidazole rings is 1. The second kappa shape index (κ2) is 7.28. The summed E-state index contributed by atoms with van der Waals surface area (Å²) in [5.41, 5.74) is 3.63. The monoisotopic (exact) mass is 380 g/mol. The Balaban J connectivity index is 1.50. The van der Waals surface area contributed by atoms with Crippen molar-refractivity contribution in [1.29, 1.82) is 0 Å². The number of nitrogens with zero attached hydrogens (tertiary/aromatic N) is 2. The Bertz CT molecular complexity index is 1100. The summed E-state index contributed by atoms with van der Waals surface area (Å²) in [7, 11) is 0. The van der Waals surface area contributed by atoms with E-state index in [-0.39, 0.29) is 11.7 Å². The number of nitrogens with one attached hydrogen (secondary N) is 2. The van der Waals surface area contributed by atoms with Gasteiger partial charge >= 0.3 is 0 Å². The van der Waals surface area contributed by atoms with Gasteiger partial charge in [-0.1, -0.05) is 6.07 Å². The number of aryl methyl sites for hydroxylation is 1. The third kappa shape index (κ3) is 3.59. The zero-order valence-electron chi connectivity index (χ0n) is 14.6. The molecule has 0 saturated heterocycles. The van der Waals surface area contributed by atoms with Crippen molar-refractivity contribution in [3.05, 3.63) is 70.9 Å². The van der Waals surface area contributed by atoms with Gasteiger partial charge in [0.15, 0.2) is 0 Å². The molecule has 0 aliphatic heterocycles. The predicted octanol–water partition coefficient (Wildman–Crippen LogP) is 4.11. The van der Waals surface area contributed by atoms with Gasteiger partial charge in [0, 0.05) is 29.7 Å². The Labute approximate surface area is 159 Å². The standard InChI is InChI=1S/C20H17FN4OS/c1-12-9-15(14-10-13(21)4-5-16(14)25-12)20(26)22-7-6-17-19(24-11-23-17)18-3-2-8-27-18/h2-5,8-11H,6-7H2,1H3,(H,22,26)(H,23,24). The van der Waals surface area contributed by atoms with Crippen molar-refractivity contribution in [1.82, 2.24) is 20.3 Å². The number of halogens is 1. The molecular formula is C20H17FN4OS. The van der Waals surface area contributed by atoms with Crippen LogP contribution in [0.5, 0.6) is 0 Å². The highest BCUT2D eigenvalue weighted by molar-refractivity contribution is 7.13. The molecule has 1 amide bonds. The predicted molar refractivity (Wildman–Crippen MR) is 104 cm³/mol. The minimum absolute atomic E-state index is 0.242. The number of carbonyl (C=O) groups is 1. The number of rotatable bonds is 5. The van der Waals surface area contributed by atoms with E-state index in [1.807, 2.05) is 24.4 Å². The second-order valence-corrected chi connectivity index (χ2v) is 7.13. The van der Waals surface area contributed by atoms with Crippen LogP contribution in [-0.4, -0.2) is 27.4 Å². The maximum absolute atomic E-state index is 13.6. The summed E-state index contributed by atoms with van der Waals surface area (Å²) in [6, 6.07) is 9.97. The molecular weight excluding hydrogens is 363 g/mol. The first-order valence-electron chi connectivity index (χ1n) is 8.53. The van der Waals surface area contributed by atoms with Crippen LogP contribution in [0.2, 0.25) is 0 Å². The minimum Gasteiger partial charge on any atom is -0.352 e. The molecule has 4 aromatic rings. The molecule has 0 atom stereocenters. The van der Waals surface area contributed by atoms with Crippen LogP contribution in [0.3, 0.4) is 0 Å². The largest absolute Gasteiger partial charge is 0.352 e. The quantitative estimate of drug-likeness (QED) is 0.547. The third-order valence-electron chi connectivity index (χ3n) is 4.28. The first-order valence-corrected chi connectivity index (χ1v) is 9.41. The van der Waals surface area contributed by atoms with Gasteiger partial charge in [0.25, 0.3) is 5.91 Å². The normalized spacial score (nSPS) is 11.0. The van der Waals surface area contributed by atoms with Crippen molar-refractivity contribution >= 4 is 28.1 Å². The van der Waals surface area contributed by atoms with Gasteiger partial charge < -0.3 is 10.3 Å². The molecule has 5 nitrogen and oxygen atoms in total. The van der Waals surface area contributed by atoms with Gasteiger partial charge in [-0.2, -0.15) is 0 Å². The molecule has 0 unspecified atom stereocenters. The van der Waals surface area contributed by atoms with E-state index in [1.165, 1.54) is 12.1 Å². The molecule has 1 aromatic carbocycles. The lowest BCUT2D eigenvalue weighted by Crippen LogP contribution is -2.26. The lowest BCUT2D eigenvalue weighted by molar-refractivity contribution is 0.0955. The molecule has 0 spiro atoms. The van der Waals surface area contributed by atoms with E-state index in [9.17, 15) is 9.18 Å². The number of amides is 1. The summed E-state index contributed by atoms with van der Waals surface area (Å²) in [4.78, 5) is 25.6. The summed E-state index contributed by atoms with van der Waals surface area (Å²) < 4.78 is 13.6. The van der Waals surface area contributed by atoms with Crippen molar-refractivity contribution in [2.24, 2.45) is 0 Å². The number of hydrogen-bond donors (Lipinski definition) is 2. The summed E-state index contributed by atoms with van der Waals surface area (Å²) >= 11 is 1.62. The lowest BCUT2D eigenvalue weighted by Gasteiger charge is -2.09. The van der Waals surface area contributed by atoms with Crippen molar-refractivity contribution in [2.45, 2.75) is 13.3 Å². The molecule has 0 saturated carbocycles. The molecule has 27 heavy (non-hydrogen) atoms. The number of pyridine rings is 1. The summed E-state index contributed by atoms with van der Waals surface area (Å²) in [5.74, 6) is -0.631. The first-order chi connectivity index (χ1) is 13.1. The topological polar surface area (TPSA) is 70.7 Å². The van der Waals surface area contributed by atoms with Gasteiger partial charge in [-0.15, -0.1) is 11.3 Å². The van der Waals surface area contributed by atoms with E-state index in [0.29, 0.717) is 35.1 Å². The molecule has 0 aliphatic carbocycles. The van der Waals surface area contributed by atoms with Gasteiger partial charge in [-0.3, -0.25) is 9.78 Å². The fourth-order valence-corrected chi connectivity index (χ4v) is 3.80. The van der Waals surface area contributed by atoms with Gasteiger partial charge in [0.2, 0.25) is 0 Å². The average Bonchev–Trinajstić information content (AvgIpc) is 3.32. The van der Waals surface area contributed by atoms with E-state index < -0.39 is 0 Å². The van der Waals surface area contributed by atoms with Crippen LogP contribution in [0.1, 0.15) is 21.7 Å².